The summed E-state index contributed by atoms with van der Waals surface area (Å²) in [6, 6.07) is 7.34. The number of nitrogens with zero attached hydrogens (tertiary/aromatic N) is 4. The van der Waals surface area contributed by atoms with Gasteiger partial charge in [-0.05, 0) is 39.3 Å². The highest BCUT2D eigenvalue weighted by molar-refractivity contribution is 8.00. The second kappa shape index (κ2) is 9.00. The van der Waals surface area contributed by atoms with E-state index in [0.29, 0.717) is 46.4 Å². The molecule has 2 heterocycles. The maximum atomic E-state index is 13.0. The number of para-hydroxylation sites is 1. The average Bonchev–Trinajstić information content (AvgIpc) is 3.09. The molecule has 1 atom stereocenters. The Hall–Kier alpha value is -2.32. The quantitative estimate of drug-likeness (QED) is 0.437. The molecule has 0 spiro atoms. The number of aryl methyl sites for hydroxylation is 1. The molecule has 3 aromatic rings. The maximum Gasteiger partial charge on any atom is 0.236 e. The van der Waals surface area contributed by atoms with Gasteiger partial charge in [0, 0.05) is 18.8 Å². The van der Waals surface area contributed by atoms with Gasteiger partial charge in [0.1, 0.15) is 5.49 Å². The summed E-state index contributed by atoms with van der Waals surface area (Å²) in [6.45, 7) is 9.11. The number of halogens is 1. The van der Waals surface area contributed by atoms with Gasteiger partial charge in [-0.1, -0.05) is 42.4 Å². The van der Waals surface area contributed by atoms with Crippen LogP contribution in [0.1, 0.15) is 32.9 Å². The van der Waals surface area contributed by atoms with Crippen molar-refractivity contribution in [3.63, 3.8) is 0 Å². The van der Waals surface area contributed by atoms with Crippen LogP contribution in [-0.2, 0) is 4.79 Å². The van der Waals surface area contributed by atoms with E-state index in [9.17, 15) is 4.79 Å². The fourth-order valence-electron chi connectivity index (χ4n) is 3.24. The van der Waals surface area contributed by atoms with Crippen molar-refractivity contribution in [3.05, 3.63) is 40.5 Å². The first-order valence-electron chi connectivity index (χ1n) is 9.65. The molecular weight excluding hydrogens is 408 g/mol. The van der Waals surface area contributed by atoms with Gasteiger partial charge in [-0.15, -0.1) is 0 Å². The Labute approximate surface area is 179 Å². The molecule has 0 aliphatic carbocycles. The fourth-order valence-corrected chi connectivity index (χ4v) is 4.56. The number of carbonyl (C=O) groups is 1. The van der Waals surface area contributed by atoms with Crippen molar-refractivity contribution in [2.45, 2.75) is 44.5 Å². The van der Waals surface area contributed by atoms with Crippen LogP contribution in [-0.4, -0.2) is 48.9 Å². The fraction of sp³-hybridized carbons (Fsp3) is 0.400. The van der Waals surface area contributed by atoms with Crippen molar-refractivity contribution in [2.75, 3.05) is 13.1 Å². The molecule has 7 nitrogen and oxygen atoms in total. The van der Waals surface area contributed by atoms with Gasteiger partial charge < -0.3 is 4.90 Å². The summed E-state index contributed by atoms with van der Waals surface area (Å²) < 4.78 is 1.70. The summed E-state index contributed by atoms with van der Waals surface area (Å²) in [7, 11) is 0. The zero-order valence-corrected chi connectivity index (χ0v) is 18.6. The van der Waals surface area contributed by atoms with Crippen LogP contribution >= 0.6 is 23.4 Å². The molecule has 0 fully saturated rings. The van der Waals surface area contributed by atoms with Crippen LogP contribution in [0.15, 0.2) is 29.4 Å². The van der Waals surface area contributed by atoms with Crippen molar-refractivity contribution >= 4 is 40.3 Å². The normalized spacial score (nSPS) is 12.3. The topological polar surface area (TPSA) is 90.7 Å². The molecule has 0 saturated heterocycles. The predicted molar refractivity (Wildman–Crippen MR) is 117 cm³/mol. The van der Waals surface area contributed by atoms with Gasteiger partial charge in [0.2, 0.25) is 5.91 Å². The van der Waals surface area contributed by atoms with Crippen molar-refractivity contribution in [1.82, 2.24) is 24.6 Å². The lowest BCUT2D eigenvalue weighted by molar-refractivity contribution is -0.130. The van der Waals surface area contributed by atoms with Gasteiger partial charge >= 0.3 is 0 Å². The number of hydrogen-bond acceptors (Lipinski definition) is 5. The van der Waals surface area contributed by atoms with E-state index in [1.54, 1.807) is 10.6 Å². The number of aromatic nitrogens is 4. The third-order valence-electron chi connectivity index (χ3n) is 4.84. The first kappa shape index (κ1) is 21.4. The number of H-pyrrole nitrogens is 1. The monoisotopic (exact) mass is 432 g/mol. The molecule has 0 unspecified atom stereocenters. The van der Waals surface area contributed by atoms with Gasteiger partial charge in [0.15, 0.2) is 10.8 Å². The zero-order chi connectivity index (χ0) is 21.1. The number of aromatic amines is 1. The number of thioether (sulfide) groups is 1. The highest BCUT2D eigenvalue weighted by Gasteiger charge is 2.26. The molecule has 0 saturated carbocycles. The minimum absolute atomic E-state index is 0.0693. The lowest BCUT2D eigenvalue weighted by Crippen LogP contribution is -2.37. The largest absolute Gasteiger partial charge is 0.342 e. The first-order chi connectivity index (χ1) is 13.9. The van der Waals surface area contributed by atoms with E-state index in [-0.39, 0.29) is 16.6 Å². The molecule has 0 bridgehead atoms. The van der Waals surface area contributed by atoms with E-state index < -0.39 is 0 Å². The molecule has 1 amide bonds. The number of benzene rings is 1. The van der Waals surface area contributed by atoms with Gasteiger partial charge in [-0.3, -0.25) is 19.9 Å². The molecule has 1 aromatic carbocycles. The molecule has 3 rings (SSSR count). The highest BCUT2D eigenvalue weighted by Crippen LogP contribution is 2.30. The third kappa shape index (κ3) is 4.04. The molecule has 2 aromatic heterocycles. The van der Waals surface area contributed by atoms with E-state index in [4.69, 9.17) is 17.0 Å². The number of amides is 1. The molecule has 0 aliphatic heterocycles. The highest BCUT2D eigenvalue weighted by atomic mass is 35.5. The molecule has 0 aliphatic rings. The number of carbonyl (C=O) groups excluding carboxylic acids is 1. The number of hydrogen-bond donors (Lipinski definition) is 2. The molecule has 29 heavy (non-hydrogen) atoms. The molecular formula is C20H25ClN6OS. The molecule has 154 valence electrons. The summed E-state index contributed by atoms with van der Waals surface area (Å²) >= 11 is 7.81. The van der Waals surface area contributed by atoms with Crippen LogP contribution < -0.4 is 5.49 Å². The Bertz CT molecular complexity index is 1090. The summed E-state index contributed by atoms with van der Waals surface area (Å²) in [5.41, 5.74) is 2.12. The van der Waals surface area contributed by atoms with Gasteiger partial charge in [-0.25, -0.2) is 4.98 Å². The zero-order valence-electron chi connectivity index (χ0n) is 17.0. The maximum absolute atomic E-state index is 13.0. The summed E-state index contributed by atoms with van der Waals surface area (Å²) in [6.07, 6.45) is 0.648. The number of rotatable bonds is 7. The van der Waals surface area contributed by atoms with Crippen LogP contribution in [0.5, 0.6) is 0 Å². The third-order valence-corrected chi connectivity index (χ3v) is 6.47. The number of fused-ring (bicyclic) bond motifs is 1. The lowest BCUT2D eigenvalue weighted by Gasteiger charge is -2.24. The first-order valence-corrected chi connectivity index (χ1v) is 10.9. The Morgan fingerprint density at radius 2 is 2.00 bits per heavy atom. The second-order valence-corrected chi connectivity index (χ2v) is 8.18. The van der Waals surface area contributed by atoms with Crippen molar-refractivity contribution < 1.29 is 4.79 Å². The van der Waals surface area contributed by atoms with Crippen LogP contribution in [0.4, 0.5) is 0 Å². The molecule has 0 radical (unpaired) electrons. The summed E-state index contributed by atoms with van der Waals surface area (Å²) in [5, 5.41) is 17.3. The van der Waals surface area contributed by atoms with Crippen LogP contribution in [0.25, 0.3) is 16.7 Å². The second-order valence-electron chi connectivity index (χ2n) is 6.60. The Balaban J connectivity index is 2.19. The summed E-state index contributed by atoms with van der Waals surface area (Å²) in [5.74, 6) is 0.0693. The average molecular weight is 433 g/mol. The molecule has 9 heteroatoms. The smallest absolute Gasteiger partial charge is 0.236 e. The Morgan fingerprint density at radius 3 is 2.62 bits per heavy atom. The lowest BCUT2D eigenvalue weighted by atomic mass is 10.3. The van der Waals surface area contributed by atoms with E-state index in [1.807, 2.05) is 50.8 Å². The van der Waals surface area contributed by atoms with Gasteiger partial charge in [0.05, 0.1) is 21.3 Å². The van der Waals surface area contributed by atoms with Crippen molar-refractivity contribution in [3.8, 4) is 5.69 Å². The van der Waals surface area contributed by atoms with E-state index in [0.717, 1.165) is 5.69 Å². The minimum Gasteiger partial charge on any atom is -0.342 e. The minimum atomic E-state index is -0.312. The van der Waals surface area contributed by atoms with E-state index in [1.165, 1.54) is 11.8 Å². The predicted octanol–water partition coefficient (Wildman–Crippen LogP) is 3.93. The summed E-state index contributed by atoms with van der Waals surface area (Å²) in [4.78, 5) is 19.5. The number of nitrogens with one attached hydrogen (secondary N) is 2. The Kier molecular flexibility index (Phi) is 6.64. The molecule has 2 N–H and O–H groups in total. The van der Waals surface area contributed by atoms with Crippen LogP contribution in [0, 0.1) is 12.3 Å². The van der Waals surface area contributed by atoms with E-state index >= 15 is 0 Å². The van der Waals surface area contributed by atoms with Crippen molar-refractivity contribution in [1.29, 1.82) is 5.41 Å². The van der Waals surface area contributed by atoms with Crippen LogP contribution in [0.2, 0.25) is 5.02 Å². The Morgan fingerprint density at radius 1 is 1.31 bits per heavy atom. The standard InChI is InChI=1S/C20H25ClN6OS/c1-5-15(19(28)26(6-2)7-3)29-20-23-18-16(12(4)24-25-18)17(22)27(20)14-11-9-8-10-13(14)21/h8-11,15,22H,5-7H2,1-4H3,(H,24,25)/t15-/m1/s1. The van der Waals surface area contributed by atoms with Gasteiger partial charge in [0.25, 0.3) is 0 Å². The van der Waals surface area contributed by atoms with Crippen molar-refractivity contribution in [2.24, 2.45) is 0 Å². The van der Waals surface area contributed by atoms with Crippen LogP contribution in [0.3, 0.4) is 0 Å². The SMILES string of the molecule is CC[C@@H](Sc1nc2n[nH]c(C)c2c(=N)n1-c1ccccc1Cl)C(=O)N(CC)CC. The van der Waals surface area contributed by atoms with E-state index in [2.05, 4.69) is 15.2 Å². The van der Waals surface area contributed by atoms with Gasteiger partial charge in [-0.2, -0.15) is 5.10 Å².